The van der Waals surface area contributed by atoms with Gasteiger partial charge in [0.15, 0.2) is 11.5 Å². The number of carbonyl (C=O) groups is 1. The van der Waals surface area contributed by atoms with E-state index in [1.807, 2.05) is 37.3 Å². The molecule has 1 saturated heterocycles. The van der Waals surface area contributed by atoms with Gasteiger partial charge in [0.05, 0.1) is 13.2 Å². The Balaban J connectivity index is 1.44. The van der Waals surface area contributed by atoms with Crippen LogP contribution in [0.25, 0.3) is 6.08 Å². The number of aryl methyl sites for hydroxylation is 1. The molecule has 7 heteroatoms. The molecule has 0 saturated carbocycles. The standard InChI is InChI=1S/C30H30Cl2N2O3/c1-5-36-27-15-20(7-11-26(27)37-18-21-8-9-22(31)16-24(21)32)12-13-30-29(3,4)23-14-19(2)6-10-25(23)34(30)17-28(35)33-30/h6-16H,5,17-18H2,1-4H3,(H,33,35)/b13-12+. The molecule has 1 amide bonds. The lowest BCUT2D eigenvalue weighted by molar-refractivity contribution is -0.118. The predicted octanol–water partition coefficient (Wildman–Crippen LogP) is 6.92. The first-order valence-corrected chi connectivity index (χ1v) is 13.1. The van der Waals surface area contributed by atoms with E-state index in [0.717, 1.165) is 16.8 Å². The maximum absolute atomic E-state index is 12.6. The van der Waals surface area contributed by atoms with Crippen LogP contribution in [0, 0.1) is 6.92 Å². The minimum absolute atomic E-state index is 0.0172. The summed E-state index contributed by atoms with van der Waals surface area (Å²) in [6.45, 7) is 9.53. The summed E-state index contributed by atoms with van der Waals surface area (Å²) in [6, 6.07) is 17.6. The van der Waals surface area contributed by atoms with E-state index in [1.54, 1.807) is 12.1 Å². The van der Waals surface area contributed by atoms with Crippen molar-refractivity contribution >= 4 is 40.9 Å². The van der Waals surface area contributed by atoms with Crippen molar-refractivity contribution in [2.24, 2.45) is 0 Å². The maximum atomic E-state index is 12.6. The molecular weight excluding hydrogens is 507 g/mol. The lowest BCUT2D eigenvalue weighted by atomic mass is 9.75. The minimum atomic E-state index is -0.660. The van der Waals surface area contributed by atoms with Gasteiger partial charge in [-0.15, -0.1) is 0 Å². The van der Waals surface area contributed by atoms with Gasteiger partial charge in [0, 0.05) is 26.7 Å². The van der Waals surface area contributed by atoms with Gasteiger partial charge in [-0.1, -0.05) is 73.0 Å². The van der Waals surface area contributed by atoms with E-state index in [4.69, 9.17) is 32.7 Å². The first-order valence-electron chi connectivity index (χ1n) is 12.4. The number of benzene rings is 3. The molecule has 3 aromatic rings. The summed E-state index contributed by atoms with van der Waals surface area (Å²) in [4.78, 5) is 14.8. The number of nitrogens with zero attached hydrogens (tertiary/aromatic N) is 1. The van der Waals surface area contributed by atoms with Gasteiger partial charge in [0.1, 0.15) is 12.3 Å². The average molecular weight is 537 g/mol. The summed E-state index contributed by atoms with van der Waals surface area (Å²) in [7, 11) is 0. The second kappa shape index (κ2) is 9.62. The highest BCUT2D eigenvalue weighted by Gasteiger charge is 2.59. The third kappa shape index (κ3) is 4.45. The number of nitrogens with one attached hydrogen (secondary N) is 1. The number of rotatable bonds is 7. The highest BCUT2D eigenvalue weighted by atomic mass is 35.5. The molecule has 0 spiro atoms. The summed E-state index contributed by atoms with van der Waals surface area (Å²) in [5.41, 5.74) is 4.32. The lowest BCUT2D eigenvalue weighted by Crippen LogP contribution is -2.58. The van der Waals surface area contributed by atoms with Crippen LogP contribution in [0.2, 0.25) is 10.0 Å². The summed E-state index contributed by atoms with van der Waals surface area (Å²) >= 11 is 12.3. The fourth-order valence-corrected chi connectivity index (χ4v) is 5.78. The first kappa shape index (κ1) is 25.5. The van der Waals surface area contributed by atoms with Gasteiger partial charge < -0.3 is 19.7 Å². The molecule has 5 rings (SSSR count). The van der Waals surface area contributed by atoms with Crippen molar-refractivity contribution in [3.63, 3.8) is 0 Å². The molecule has 0 aromatic heterocycles. The van der Waals surface area contributed by atoms with Crippen molar-refractivity contribution < 1.29 is 14.3 Å². The quantitative estimate of drug-likeness (QED) is 0.356. The van der Waals surface area contributed by atoms with Gasteiger partial charge >= 0.3 is 0 Å². The van der Waals surface area contributed by atoms with Gasteiger partial charge in [-0.05, 0) is 61.4 Å². The number of hydrogen-bond donors (Lipinski definition) is 1. The highest BCUT2D eigenvalue weighted by Crippen LogP contribution is 2.53. The molecule has 2 aliphatic heterocycles. The summed E-state index contributed by atoms with van der Waals surface area (Å²) in [6.07, 6.45) is 4.15. The van der Waals surface area contributed by atoms with Gasteiger partial charge in [-0.3, -0.25) is 4.79 Å². The Morgan fingerprint density at radius 2 is 1.84 bits per heavy atom. The molecule has 2 heterocycles. The Bertz CT molecular complexity index is 1400. The van der Waals surface area contributed by atoms with Crippen LogP contribution in [-0.2, 0) is 16.8 Å². The molecule has 0 bridgehead atoms. The molecule has 192 valence electrons. The third-order valence-electron chi connectivity index (χ3n) is 7.31. The van der Waals surface area contributed by atoms with Crippen LogP contribution < -0.4 is 19.7 Å². The molecule has 5 nitrogen and oxygen atoms in total. The largest absolute Gasteiger partial charge is 0.490 e. The van der Waals surface area contributed by atoms with Crippen molar-refractivity contribution in [1.82, 2.24) is 5.32 Å². The molecule has 0 aliphatic carbocycles. The SMILES string of the molecule is CCOc1cc(/C=C/C23NC(=O)CN2c2ccc(C)cc2C3(C)C)ccc1OCc1ccc(Cl)cc1Cl. The molecule has 1 atom stereocenters. The van der Waals surface area contributed by atoms with Crippen LogP contribution in [0.4, 0.5) is 5.69 Å². The normalized spacial score (nSPS) is 19.6. The summed E-state index contributed by atoms with van der Waals surface area (Å²) < 4.78 is 12.0. The van der Waals surface area contributed by atoms with Crippen molar-refractivity contribution in [3.05, 3.63) is 93.0 Å². The van der Waals surface area contributed by atoms with E-state index >= 15 is 0 Å². The fourth-order valence-electron chi connectivity index (χ4n) is 5.31. The van der Waals surface area contributed by atoms with Crippen molar-refractivity contribution in [3.8, 4) is 11.5 Å². The zero-order valence-corrected chi connectivity index (χ0v) is 22.9. The number of fused-ring (bicyclic) bond motifs is 3. The van der Waals surface area contributed by atoms with E-state index in [9.17, 15) is 4.79 Å². The number of hydrogen-bond acceptors (Lipinski definition) is 4. The third-order valence-corrected chi connectivity index (χ3v) is 7.90. The van der Waals surface area contributed by atoms with Crippen molar-refractivity contribution in [2.75, 3.05) is 18.1 Å². The van der Waals surface area contributed by atoms with Crippen LogP contribution in [0.1, 0.15) is 43.0 Å². The topological polar surface area (TPSA) is 50.8 Å². The first-order chi connectivity index (χ1) is 17.6. The van der Waals surface area contributed by atoms with Gasteiger partial charge in [-0.25, -0.2) is 0 Å². The molecule has 1 fully saturated rings. The summed E-state index contributed by atoms with van der Waals surface area (Å²) in [5, 5.41) is 4.42. The summed E-state index contributed by atoms with van der Waals surface area (Å²) in [5.74, 6) is 1.29. The van der Waals surface area contributed by atoms with Gasteiger partial charge in [0.25, 0.3) is 0 Å². The molecule has 1 unspecified atom stereocenters. The monoisotopic (exact) mass is 536 g/mol. The molecular formula is C30H30Cl2N2O3. The Morgan fingerprint density at radius 3 is 2.59 bits per heavy atom. The minimum Gasteiger partial charge on any atom is -0.490 e. The Labute approximate surface area is 228 Å². The average Bonchev–Trinajstić information content (AvgIpc) is 3.27. The zero-order valence-electron chi connectivity index (χ0n) is 21.4. The molecule has 2 aliphatic rings. The molecule has 3 aromatic carbocycles. The van der Waals surface area contributed by atoms with Crippen LogP contribution in [0.3, 0.4) is 0 Å². The number of carbonyl (C=O) groups excluding carboxylic acids is 1. The second-order valence-electron chi connectivity index (χ2n) is 10.0. The van der Waals surface area contributed by atoms with E-state index in [2.05, 4.69) is 55.3 Å². The van der Waals surface area contributed by atoms with Crippen LogP contribution in [0.5, 0.6) is 11.5 Å². The molecule has 37 heavy (non-hydrogen) atoms. The van der Waals surface area contributed by atoms with E-state index in [-0.39, 0.29) is 11.3 Å². The maximum Gasteiger partial charge on any atom is 0.241 e. The molecule has 1 N–H and O–H groups in total. The smallest absolute Gasteiger partial charge is 0.241 e. The lowest BCUT2D eigenvalue weighted by Gasteiger charge is -2.40. The fraction of sp³-hybridized carbons (Fsp3) is 0.300. The van der Waals surface area contributed by atoms with E-state index < -0.39 is 5.66 Å². The van der Waals surface area contributed by atoms with Crippen molar-refractivity contribution in [1.29, 1.82) is 0 Å². The number of halogens is 2. The number of amides is 1. The highest BCUT2D eigenvalue weighted by molar-refractivity contribution is 6.35. The van der Waals surface area contributed by atoms with Crippen LogP contribution in [-0.4, -0.2) is 24.7 Å². The second-order valence-corrected chi connectivity index (χ2v) is 10.9. The molecule has 0 radical (unpaired) electrons. The van der Waals surface area contributed by atoms with Crippen LogP contribution in [0.15, 0.2) is 60.7 Å². The number of anilines is 1. The Kier molecular flexibility index (Phi) is 6.63. The Morgan fingerprint density at radius 1 is 1.03 bits per heavy atom. The van der Waals surface area contributed by atoms with Gasteiger partial charge in [0.2, 0.25) is 5.91 Å². The number of ether oxygens (including phenoxy) is 2. The van der Waals surface area contributed by atoms with Gasteiger partial charge in [-0.2, -0.15) is 0 Å². The van der Waals surface area contributed by atoms with E-state index in [1.165, 1.54) is 11.1 Å². The Hall–Kier alpha value is -3.15. The van der Waals surface area contributed by atoms with E-state index in [0.29, 0.717) is 41.3 Å². The van der Waals surface area contributed by atoms with Crippen LogP contribution >= 0.6 is 23.2 Å². The predicted molar refractivity (Wildman–Crippen MR) is 150 cm³/mol. The van der Waals surface area contributed by atoms with Crippen molar-refractivity contribution in [2.45, 2.75) is 45.4 Å². The zero-order chi connectivity index (χ0) is 26.4.